The van der Waals surface area contributed by atoms with E-state index in [1.54, 1.807) is 0 Å². The van der Waals surface area contributed by atoms with E-state index in [0.717, 1.165) is 6.04 Å². The van der Waals surface area contributed by atoms with Crippen LogP contribution < -0.4 is 0 Å². The third-order valence-electron chi connectivity index (χ3n) is 3.19. The fraction of sp³-hybridized carbons (Fsp3) is 1.00. The van der Waals surface area contributed by atoms with Gasteiger partial charge in [0.1, 0.15) is 0 Å². The average molecular weight is 200 g/mol. The van der Waals surface area contributed by atoms with E-state index >= 15 is 0 Å². The fourth-order valence-corrected chi connectivity index (χ4v) is 1.94. The van der Waals surface area contributed by atoms with Gasteiger partial charge in [-0.1, -0.05) is 27.7 Å². The van der Waals surface area contributed by atoms with Gasteiger partial charge in [0.15, 0.2) is 0 Å². The van der Waals surface area contributed by atoms with Gasteiger partial charge in [-0.25, -0.2) is 0 Å². The summed E-state index contributed by atoms with van der Waals surface area (Å²) < 4.78 is 0. The molecule has 0 aliphatic heterocycles. The summed E-state index contributed by atoms with van der Waals surface area (Å²) >= 11 is 0. The molecule has 0 heterocycles. The molecule has 2 heteroatoms. The Morgan fingerprint density at radius 1 is 0.857 bits per heavy atom. The number of hydrogen-bond acceptors (Lipinski definition) is 2. The molecular formula is C12H28N2. The summed E-state index contributed by atoms with van der Waals surface area (Å²) in [5.41, 5.74) is 0. The van der Waals surface area contributed by atoms with Crippen LogP contribution in [-0.2, 0) is 0 Å². The van der Waals surface area contributed by atoms with E-state index < -0.39 is 0 Å². The van der Waals surface area contributed by atoms with Crippen molar-refractivity contribution in [2.45, 2.75) is 47.1 Å². The van der Waals surface area contributed by atoms with E-state index in [0.29, 0.717) is 0 Å². The first-order chi connectivity index (χ1) is 6.69. The predicted octanol–water partition coefficient (Wildman–Crippen LogP) is 2.45. The first kappa shape index (κ1) is 13.9. The highest BCUT2D eigenvalue weighted by molar-refractivity contribution is 4.66. The van der Waals surface area contributed by atoms with Gasteiger partial charge in [-0.15, -0.1) is 0 Å². The summed E-state index contributed by atoms with van der Waals surface area (Å²) in [6, 6.07) is 0.727. The molecule has 0 spiro atoms. The Kier molecular flexibility index (Phi) is 8.20. The van der Waals surface area contributed by atoms with Gasteiger partial charge in [-0.2, -0.15) is 0 Å². The Morgan fingerprint density at radius 3 is 1.71 bits per heavy atom. The van der Waals surface area contributed by atoms with Gasteiger partial charge in [0, 0.05) is 6.04 Å². The van der Waals surface area contributed by atoms with Crippen molar-refractivity contribution in [2.24, 2.45) is 0 Å². The Labute approximate surface area is 90.3 Å². The van der Waals surface area contributed by atoms with Crippen molar-refractivity contribution < 1.29 is 0 Å². The second-order valence-corrected chi connectivity index (χ2v) is 3.89. The third kappa shape index (κ3) is 4.97. The van der Waals surface area contributed by atoms with Crippen LogP contribution in [0, 0.1) is 0 Å². The Balaban J connectivity index is 3.75. The Bertz CT molecular complexity index is 117. The average Bonchev–Trinajstić information content (AvgIpc) is 2.21. The fourth-order valence-electron chi connectivity index (χ4n) is 1.94. The molecule has 0 aromatic heterocycles. The van der Waals surface area contributed by atoms with E-state index in [4.69, 9.17) is 0 Å². The molecule has 0 bridgehead atoms. The normalized spacial score (nSPS) is 13.9. The lowest BCUT2D eigenvalue weighted by atomic mass is 10.2. The molecule has 0 N–H and O–H groups in total. The molecule has 0 saturated heterocycles. The first-order valence-corrected chi connectivity index (χ1v) is 6.15. The maximum Gasteiger partial charge on any atom is 0.00788 e. The summed E-state index contributed by atoms with van der Waals surface area (Å²) in [6.07, 6.45) is 1.30. The molecule has 1 unspecified atom stereocenters. The van der Waals surface area contributed by atoms with E-state index in [9.17, 15) is 0 Å². The molecule has 0 radical (unpaired) electrons. The molecule has 0 fully saturated rings. The van der Waals surface area contributed by atoms with Crippen molar-refractivity contribution in [1.29, 1.82) is 0 Å². The van der Waals surface area contributed by atoms with Crippen LogP contribution >= 0.6 is 0 Å². The van der Waals surface area contributed by atoms with Crippen LogP contribution in [0.4, 0.5) is 0 Å². The van der Waals surface area contributed by atoms with E-state index in [1.165, 1.54) is 39.1 Å². The molecule has 0 amide bonds. The minimum Gasteiger partial charge on any atom is -0.304 e. The highest BCUT2D eigenvalue weighted by Gasteiger charge is 2.10. The lowest BCUT2D eigenvalue weighted by Gasteiger charge is -2.28. The molecule has 2 nitrogen and oxygen atoms in total. The van der Waals surface area contributed by atoms with Crippen molar-refractivity contribution in [2.75, 3.05) is 32.7 Å². The van der Waals surface area contributed by atoms with Gasteiger partial charge in [-0.05, 0) is 46.1 Å². The first-order valence-electron chi connectivity index (χ1n) is 6.15. The van der Waals surface area contributed by atoms with E-state index in [1.807, 2.05) is 0 Å². The van der Waals surface area contributed by atoms with Crippen LogP contribution in [0.5, 0.6) is 0 Å². The molecule has 0 aliphatic carbocycles. The van der Waals surface area contributed by atoms with Crippen molar-refractivity contribution in [3.8, 4) is 0 Å². The molecule has 1 atom stereocenters. The summed E-state index contributed by atoms with van der Waals surface area (Å²) in [4.78, 5) is 5.03. The van der Waals surface area contributed by atoms with Crippen LogP contribution in [0.15, 0.2) is 0 Å². The number of hydrogen-bond donors (Lipinski definition) is 0. The third-order valence-corrected chi connectivity index (χ3v) is 3.19. The van der Waals surface area contributed by atoms with Crippen molar-refractivity contribution in [1.82, 2.24) is 9.80 Å². The van der Waals surface area contributed by atoms with Crippen LogP contribution in [0.3, 0.4) is 0 Å². The smallest absolute Gasteiger partial charge is 0.00788 e. The quantitative estimate of drug-likeness (QED) is 0.594. The highest BCUT2D eigenvalue weighted by atomic mass is 15.2. The van der Waals surface area contributed by atoms with Gasteiger partial charge in [-0.3, -0.25) is 0 Å². The highest BCUT2D eigenvalue weighted by Crippen LogP contribution is 2.04. The summed E-state index contributed by atoms with van der Waals surface area (Å²) in [7, 11) is 0. The van der Waals surface area contributed by atoms with Gasteiger partial charge in [0.25, 0.3) is 0 Å². The van der Waals surface area contributed by atoms with E-state index in [-0.39, 0.29) is 0 Å². The van der Waals surface area contributed by atoms with E-state index in [2.05, 4.69) is 44.4 Å². The van der Waals surface area contributed by atoms with Gasteiger partial charge < -0.3 is 9.80 Å². The minimum atomic E-state index is 0.727. The predicted molar refractivity (Wildman–Crippen MR) is 64.8 cm³/mol. The Morgan fingerprint density at radius 2 is 1.36 bits per heavy atom. The molecule has 0 aromatic carbocycles. The minimum absolute atomic E-state index is 0.727. The van der Waals surface area contributed by atoms with Crippen molar-refractivity contribution >= 4 is 0 Å². The van der Waals surface area contributed by atoms with Gasteiger partial charge in [0.05, 0.1) is 0 Å². The second kappa shape index (κ2) is 8.25. The summed E-state index contributed by atoms with van der Waals surface area (Å²) in [5, 5.41) is 0. The van der Waals surface area contributed by atoms with Crippen LogP contribution in [0.1, 0.15) is 41.0 Å². The van der Waals surface area contributed by atoms with Crippen molar-refractivity contribution in [3.63, 3.8) is 0 Å². The SMILES string of the molecule is CCN(CC)CCC(C)N(CC)CC. The largest absolute Gasteiger partial charge is 0.304 e. The molecule has 0 aromatic rings. The zero-order chi connectivity index (χ0) is 11.0. The number of rotatable bonds is 8. The van der Waals surface area contributed by atoms with Crippen molar-refractivity contribution in [3.05, 3.63) is 0 Å². The van der Waals surface area contributed by atoms with Crippen LogP contribution in [0.25, 0.3) is 0 Å². The van der Waals surface area contributed by atoms with Gasteiger partial charge >= 0.3 is 0 Å². The maximum atomic E-state index is 2.53. The molecule has 0 rings (SSSR count). The molecule has 0 saturated carbocycles. The van der Waals surface area contributed by atoms with Crippen LogP contribution in [0.2, 0.25) is 0 Å². The lowest BCUT2D eigenvalue weighted by molar-refractivity contribution is 0.193. The molecule has 0 aliphatic rings. The standard InChI is InChI=1S/C12H28N2/c1-6-13(7-2)11-10-12(5)14(8-3)9-4/h12H,6-11H2,1-5H3. The Hall–Kier alpha value is -0.0800. The molecule has 14 heavy (non-hydrogen) atoms. The maximum absolute atomic E-state index is 2.53. The van der Waals surface area contributed by atoms with Gasteiger partial charge in [0.2, 0.25) is 0 Å². The monoisotopic (exact) mass is 200 g/mol. The number of nitrogens with zero attached hydrogens (tertiary/aromatic N) is 2. The zero-order valence-corrected chi connectivity index (χ0v) is 10.7. The lowest BCUT2D eigenvalue weighted by Crippen LogP contribution is -2.36. The molecule has 86 valence electrons. The zero-order valence-electron chi connectivity index (χ0n) is 10.7. The topological polar surface area (TPSA) is 6.48 Å². The summed E-state index contributed by atoms with van der Waals surface area (Å²) in [6.45, 7) is 17.3. The van der Waals surface area contributed by atoms with Crippen LogP contribution in [-0.4, -0.2) is 48.6 Å². The second-order valence-electron chi connectivity index (χ2n) is 3.89. The summed E-state index contributed by atoms with van der Waals surface area (Å²) in [5.74, 6) is 0. The molecular weight excluding hydrogens is 172 g/mol.